The molecular weight excluding hydrogens is 349 g/mol. The van der Waals surface area contributed by atoms with Crippen LogP contribution in [-0.2, 0) is 0 Å². The molecule has 1 aliphatic heterocycles. The van der Waals surface area contributed by atoms with Crippen LogP contribution in [0.3, 0.4) is 0 Å². The van der Waals surface area contributed by atoms with Gasteiger partial charge in [-0.15, -0.1) is 0 Å². The second-order valence-electron chi connectivity index (χ2n) is 6.31. The van der Waals surface area contributed by atoms with Crippen LogP contribution >= 0.6 is 34.8 Å². The number of hydrogen-bond donors (Lipinski definition) is 1. The average molecular weight is 365 g/mol. The van der Waals surface area contributed by atoms with Gasteiger partial charge >= 0.3 is 0 Å². The number of allylic oxidation sites excluding steroid dienone is 2. The van der Waals surface area contributed by atoms with E-state index in [2.05, 4.69) is 36.5 Å². The zero-order valence-electron chi connectivity index (χ0n) is 12.6. The van der Waals surface area contributed by atoms with E-state index in [0.717, 1.165) is 22.6 Å². The summed E-state index contributed by atoms with van der Waals surface area (Å²) in [5.41, 5.74) is 4.68. The van der Waals surface area contributed by atoms with Crippen molar-refractivity contribution < 1.29 is 0 Å². The fourth-order valence-electron chi connectivity index (χ4n) is 3.91. The summed E-state index contributed by atoms with van der Waals surface area (Å²) in [4.78, 5) is 0. The van der Waals surface area contributed by atoms with Gasteiger partial charge in [0.25, 0.3) is 0 Å². The molecule has 1 N–H and O–H groups in total. The molecule has 23 heavy (non-hydrogen) atoms. The predicted octanol–water partition coefficient (Wildman–Crippen LogP) is 6.78. The highest BCUT2D eigenvalue weighted by Gasteiger charge is 2.39. The van der Waals surface area contributed by atoms with Crippen molar-refractivity contribution in [3.63, 3.8) is 0 Å². The van der Waals surface area contributed by atoms with E-state index < -0.39 is 0 Å². The first kappa shape index (κ1) is 15.4. The van der Waals surface area contributed by atoms with Crippen molar-refractivity contribution in [1.29, 1.82) is 0 Å². The molecule has 1 nitrogen and oxygen atoms in total. The van der Waals surface area contributed by atoms with E-state index >= 15 is 0 Å². The minimum absolute atomic E-state index is 0.147. The van der Waals surface area contributed by atoms with Crippen LogP contribution in [0.25, 0.3) is 0 Å². The first-order valence-corrected chi connectivity index (χ1v) is 8.87. The van der Waals surface area contributed by atoms with Gasteiger partial charge in [-0.05, 0) is 54.2 Å². The summed E-state index contributed by atoms with van der Waals surface area (Å²) in [6.45, 7) is 2.09. The number of fused-ring (bicyclic) bond motifs is 3. The van der Waals surface area contributed by atoms with Crippen molar-refractivity contribution in [3.8, 4) is 0 Å². The van der Waals surface area contributed by atoms with Gasteiger partial charge < -0.3 is 5.32 Å². The van der Waals surface area contributed by atoms with Gasteiger partial charge in [0.05, 0.1) is 16.1 Å². The summed E-state index contributed by atoms with van der Waals surface area (Å²) in [5, 5.41) is 5.75. The predicted molar refractivity (Wildman–Crippen MR) is 99.0 cm³/mol. The minimum Gasteiger partial charge on any atom is -0.377 e. The van der Waals surface area contributed by atoms with Crippen LogP contribution in [0.5, 0.6) is 0 Å². The fraction of sp³-hybridized carbons (Fsp3) is 0.263. The zero-order valence-corrected chi connectivity index (χ0v) is 14.9. The highest BCUT2D eigenvalue weighted by Crippen LogP contribution is 2.52. The molecule has 2 aromatic rings. The molecular formula is C19H16Cl3N. The van der Waals surface area contributed by atoms with E-state index in [0.29, 0.717) is 21.9 Å². The highest BCUT2D eigenvalue weighted by molar-refractivity contribution is 6.42. The van der Waals surface area contributed by atoms with Gasteiger partial charge in [-0.2, -0.15) is 0 Å². The van der Waals surface area contributed by atoms with Crippen molar-refractivity contribution in [3.05, 3.63) is 74.2 Å². The monoisotopic (exact) mass is 363 g/mol. The summed E-state index contributed by atoms with van der Waals surface area (Å²) in [6, 6.07) is 10.1. The normalized spacial score (nSPS) is 25.0. The Morgan fingerprint density at radius 1 is 1.09 bits per heavy atom. The van der Waals surface area contributed by atoms with E-state index in [1.54, 1.807) is 0 Å². The second kappa shape index (κ2) is 5.73. The topological polar surface area (TPSA) is 12.0 Å². The molecule has 2 aliphatic rings. The van der Waals surface area contributed by atoms with E-state index in [1.165, 1.54) is 11.3 Å². The first-order valence-electron chi connectivity index (χ1n) is 7.73. The van der Waals surface area contributed by atoms with E-state index in [4.69, 9.17) is 34.8 Å². The molecule has 0 saturated carbocycles. The van der Waals surface area contributed by atoms with Crippen molar-refractivity contribution in [2.24, 2.45) is 5.92 Å². The van der Waals surface area contributed by atoms with Crippen LogP contribution in [0, 0.1) is 12.8 Å². The number of hydrogen-bond acceptors (Lipinski definition) is 1. The molecule has 0 unspecified atom stereocenters. The quantitative estimate of drug-likeness (QED) is 0.550. The zero-order chi connectivity index (χ0) is 16.1. The third kappa shape index (κ3) is 2.46. The molecule has 2 aromatic carbocycles. The summed E-state index contributed by atoms with van der Waals surface area (Å²) in [6.07, 6.45) is 5.58. The molecule has 4 heteroatoms. The Balaban J connectivity index is 1.86. The van der Waals surface area contributed by atoms with Crippen LogP contribution in [-0.4, -0.2) is 0 Å². The molecule has 1 aliphatic carbocycles. The standard InChI is InChI=1S/C19H16Cl3N/c1-10-8-11(20)9-15-12-4-2-5-13(12)19(23-18(10)15)14-6-3-7-16(21)17(14)22/h2-4,6-9,12-13,19,23H,5H2,1H3/t12-,13-,19-/m0/s1. The first-order chi connectivity index (χ1) is 11.1. The lowest BCUT2D eigenvalue weighted by molar-refractivity contribution is 0.425. The fourth-order valence-corrected chi connectivity index (χ4v) is 4.62. The number of rotatable bonds is 1. The highest BCUT2D eigenvalue weighted by atomic mass is 35.5. The molecule has 0 bridgehead atoms. The molecule has 0 amide bonds. The van der Waals surface area contributed by atoms with E-state index in [9.17, 15) is 0 Å². The molecule has 0 aromatic heterocycles. The maximum Gasteiger partial charge on any atom is 0.0645 e. The Labute approximate surface area is 151 Å². The molecule has 0 saturated heterocycles. The molecule has 3 atom stereocenters. The summed E-state index contributed by atoms with van der Waals surface area (Å²) < 4.78 is 0. The summed E-state index contributed by atoms with van der Waals surface area (Å²) in [7, 11) is 0. The van der Waals surface area contributed by atoms with Gasteiger partial charge in [-0.1, -0.05) is 59.1 Å². The molecule has 0 spiro atoms. The van der Waals surface area contributed by atoms with Crippen LogP contribution < -0.4 is 5.32 Å². The Bertz CT molecular complexity index is 813. The van der Waals surface area contributed by atoms with Gasteiger partial charge in [-0.3, -0.25) is 0 Å². The number of benzene rings is 2. The Morgan fingerprint density at radius 2 is 1.91 bits per heavy atom. The second-order valence-corrected chi connectivity index (χ2v) is 7.53. The lowest BCUT2D eigenvalue weighted by Crippen LogP contribution is -2.29. The lowest BCUT2D eigenvalue weighted by Gasteiger charge is -2.38. The Hall–Kier alpha value is -1.15. The summed E-state index contributed by atoms with van der Waals surface area (Å²) >= 11 is 19.0. The van der Waals surface area contributed by atoms with E-state index in [-0.39, 0.29) is 6.04 Å². The third-order valence-electron chi connectivity index (χ3n) is 4.95. The maximum absolute atomic E-state index is 6.50. The molecule has 0 fully saturated rings. The van der Waals surface area contributed by atoms with Crippen molar-refractivity contribution >= 4 is 40.5 Å². The van der Waals surface area contributed by atoms with Crippen LogP contribution in [0.15, 0.2) is 42.5 Å². The van der Waals surface area contributed by atoms with Crippen molar-refractivity contribution in [2.45, 2.75) is 25.3 Å². The van der Waals surface area contributed by atoms with Crippen LogP contribution in [0.4, 0.5) is 5.69 Å². The SMILES string of the molecule is Cc1cc(Cl)cc2c1N[C@H](c1cccc(Cl)c1Cl)[C@H]1CC=C[C@H]21. The van der Waals surface area contributed by atoms with Crippen LogP contribution in [0.1, 0.15) is 35.1 Å². The smallest absolute Gasteiger partial charge is 0.0645 e. The van der Waals surface area contributed by atoms with Crippen molar-refractivity contribution in [1.82, 2.24) is 0 Å². The third-order valence-corrected chi connectivity index (χ3v) is 6.00. The van der Waals surface area contributed by atoms with Crippen LogP contribution in [0.2, 0.25) is 15.1 Å². The molecule has 4 rings (SSSR count). The molecule has 118 valence electrons. The summed E-state index contributed by atoms with van der Waals surface area (Å²) in [5.74, 6) is 0.792. The number of nitrogens with one attached hydrogen (secondary N) is 1. The minimum atomic E-state index is 0.147. The van der Waals surface area contributed by atoms with E-state index in [1.807, 2.05) is 18.2 Å². The number of aryl methyl sites for hydroxylation is 1. The van der Waals surface area contributed by atoms with Gasteiger partial charge in [-0.25, -0.2) is 0 Å². The number of anilines is 1. The van der Waals surface area contributed by atoms with Crippen molar-refractivity contribution in [2.75, 3.05) is 5.32 Å². The van der Waals surface area contributed by atoms with Gasteiger partial charge in [0, 0.05) is 16.6 Å². The Kier molecular flexibility index (Phi) is 3.84. The Morgan fingerprint density at radius 3 is 2.74 bits per heavy atom. The average Bonchev–Trinajstić information content (AvgIpc) is 3.00. The molecule has 1 heterocycles. The van der Waals surface area contributed by atoms with Gasteiger partial charge in [0.1, 0.15) is 0 Å². The molecule has 0 radical (unpaired) electrons. The van der Waals surface area contributed by atoms with Gasteiger partial charge in [0.2, 0.25) is 0 Å². The largest absolute Gasteiger partial charge is 0.377 e. The van der Waals surface area contributed by atoms with Gasteiger partial charge in [0.15, 0.2) is 0 Å². The lowest BCUT2D eigenvalue weighted by atomic mass is 9.76. The maximum atomic E-state index is 6.50. The number of halogens is 3.